The van der Waals surface area contributed by atoms with Crippen molar-refractivity contribution in [3.05, 3.63) is 70.9 Å². The number of hydroxylamine groups is 2. The van der Waals surface area contributed by atoms with Crippen LogP contribution in [0.25, 0.3) is 11.3 Å². The largest absolute Gasteiger partial charge is 0.335 e. The predicted octanol–water partition coefficient (Wildman–Crippen LogP) is 3.13. The highest BCUT2D eigenvalue weighted by molar-refractivity contribution is 7.89. The average Bonchev–Trinajstić information content (AvgIpc) is 3.15. The molecule has 0 fully saturated rings. The number of hydrogen-bond donors (Lipinski definition) is 2. The molecule has 9 nitrogen and oxygen atoms in total. The first kappa shape index (κ1) is 25.4. The smallest absolute Gasteiger partial charge is 0.243 e. The molecule has 2 aromatic carbocycles. The number of rotatable bonds is 9. The molecule has 0 bridgehead atoms. The lowest BCUT2D eigenvalue weighted by molar-refractivity contribution is -0.121. The van der Waals surface area contributed by atoms with Crippen molar-refractivity contribution in [3.8, 4) is 17.3 Å². The molecular weight excluding hydrogens is 478 g/mol. The van der Waals surface area contributed by atoms with Gasteiger partial charge in [-0.05, 0) is 42.0 Å². The molecule has 0 aliphatic carbocycles. The third-order valence-electron chi connectivity index (χ3n) is 4.95. The maximum absolute atomic E-state index is 13.2. The van der Waals surface area contributed by atoms with Gasteiger partial charge in [0, 0.05) is 37.4 Å². The zero-order valence-corrected chi connectivity index (χ0v) is 20.4. The van der Waals surface area contributed by atoms with Gasteiger partial charge in [-0.15, -0.1) is 0 Å². The Bertz CT molecular complexity index is 1350. The van der Waals surface area contributed by atoms with Crippen LogP contribution in [-0.2, 0) is 33.1 Å². The predicted molar refractivity (Wildman–Crippen MR) is 129 cm³/mol. The van der Waals surface area contributed by atoms with Crippen LogP contribution >= 0.6 is 11.6 Å². The molecule has 0 atom stereocenters. The minimum Gasteiger partial charge on any atom is -0.335 e. The standard InChI is InChI=1S/C23H24ClN5O4S/c1-28(2)33-15-26-34(31,32)22-13-17(27-23(30)12-16-6-4-5-7-20(16)24)8-10-19(22)21-11-9-18(14-25)29(21)3/h4-11,13,26H,12,15H2,1-3H3,(H,27,30). The molecule has 0 aliphatic heterocycles. The summed E-state index contributed by atoms with van der Waals surface area (Å²) in [6.07, 6.45) is 0.0295. The number of carbonyl (C=O) groups is 1. The Morgan fingerprint density at radius 2 is 1.91 bits per heavy atom. The maximum atomic E-state index is 13.2. The van der Waals surface area contributed by atoms with Crippen molar-refractivity contribution < 1.29 is 18.0 Å². The van der Waals surface area contributed by atoms with Crippen LogP contribution in [0.1, 0.15) is 11.3 Å². The maximum Gasteiger partial charge on any atom is 0.243 e. The number of halogens is 1. The van der Waals surface area contributed by atoms with Crippen molar-refractivity contribution in [2.45, 2.75) is 11.3 Å². The molecule has 1 heterocycles. The van der Waals surface area contributed by atoms with E-state index < -0.39 is 10.0 Å². The first-order valence-electron chi connectivity index (χ1n) is 10.2. The second-order valence-corrected chi connectivity index (χ2v) is 9.68. The molecule has 2 N–H and O–H groups in total. The molecule has 0 saturated carbocycles. The molecule has 11 heteroatoms. The molecule has 3 rings (SSSR count). The SMILES string of the molecule is CN(C)OCNS(=O)(=O)c1cc(NC(=O)Cc2ccccc2Cl)ccc1-c1ccc(C#N)n1C. The van der Waals surface area contributed by atoms with Crippen LogP contribution in [-0.4, -0.2) is 44.8 Å². The Morgan fingerprint density at radius 1 is 1.18 bits per heavy atom. The van der Waals surface area contributed by atoms with E-state index in [1.54, 1.807) is 74.2 Å². The molecule has 178 valence electrons. The minimum atomic E-state index is -4.04. The Kier molecular flexibility index (Phi) is 8.09. The number of sulfonamides is 1. The zero-order valence-electron chi connectivity index (χ0n) is 18.9. The lowest BCUT2D eigenvalue weighted by atomic mass is 10.1. The molecule has 0 saturated heterocycles. The van der Waals surface area contributed by atoms with Gasteiger partial charge < -0.3 is 9.88 Å². The average molecular weight is 502 g/mol. The van der Waals surface area contributed by atoms with Gasteiger partial charge in [0.05, 0.1) is 17.0 Å². The second-order valence-electron chi connectivity index (χ2n) is 7.54. The van der Waals surface area contributed by atoms with E-state index in [2.05, 4.69) is 16.1 Å². The number of nitriles is 1. The summed E-state index contributed by atoms with van der Waals surface area (Å²) in [6.45, 7) is -0.283. The molecule has 3 aromatic rings. The Morgan fingerprint density at radius 3 is 2.56 bits per heavy atom. The molecule has 1 aromatic heterocycles. The van der Waals surface area contributed by atoms with Gasteiger partial charge in [0.2, 0.25) is 15.9 Å². The third-order valence-corrected chi connectivity index (χ3v) is 6.73. The zero-order chi connectivity index (χ0) is 24.9. The fourth-order valence-corrected chi connectivity index (χ4v) is 4.57. The Labute approximate surface area is 203 Å². The van der Waals surface area contributed by atoms with E-state index in [-0.39, 0.29) is 24.0 Å². The highest BCUT2D eigenvalue weighted by Crippen LogP contribution is 2.31. The van der Waals surface area contributed by atoms with E-state index in [0.29, 0.717) is 33.2 Å². The van der Waals surface area contributed by atoms with Crippen LogP contribution in [0.4, 0.5) is 5.69 Å². The van der Waals surface area contributed by atoms with E-state index in [1.807, 2.05) is 0 Å². The first-order valence-corrected chi connectivity index (χ1v) is 12.0. The van der Waals surface area contributed by atoms with Gasteiger partial charge in [0.1, 0.15) is 18.5 Å². The number of anilines is 1. The van der Waals surface area contributed by atoms with Crippen molar-refractivity contribution in [2.75, 3.05) is 26.1 Å². The van der Waals surface area contributed by atoms with Crippen LogP contribution in [0.15, 0.2) is 59.5 Å². The van der Waals surface area contributed by atoms with E-state index in [4.69, 9.17) is 16.4 Å². The van der Waals surface area contributed by atoms with Crippen LogP contribution < -0.4 is 10.0 Å². The quantitative estimate of drug-likeness (QED) is 0.343. The summed E-state index contributed by atoms with van der Waals surface area (Å²) in [4.78, 5) is 17.7. The van der Waals surface area contributed by atoms with Gasteiger partial charge in [0.15, 0.2) is 0 Å². The molecule has 0 aliphatic rings. The van der Waals surface area contributed by atoms with Gasteiger partial charge in [0.25, 0.3) is 0 Å². The van der Waals surface area contributed by atoms with E-state index in [1.165, 1.54) is 11.1 Å². The minimum absolute atomic E-state index is 0.0295. The third kappa shape index (κ3) is 6.02. The lowest BCUT2D eigenvalue weighted by Crippen LogP contribution is -2.30. The van der Waals surface area contributed by atoms with E-state index in [9.17, 15) is 18.5 Å². The highest BCUT2D eigenvalue weighted by atomic mass is 35.5. The van der Waals surface area contributed by atoms with E-state index >= 15 is 0 Å². The molecule has 1 amide bonds. The van der Waals surface area contributed by atoms with Crippen LogP contribution in [0.2, 0.25) is 5.02 Å². The highest BCUT2D eigenvalue weighted by Gasteiger charge is 2.23. The summed E-state index contributed by atoms with van der Waals surface area (Å²) in [6, 6.07) is 16.9. The van der Waals surface area contributed by atoms with Gasteiger partial charge in [-0.2, -0.15) is 15.0 Å². The summed E-state index contributed by atoms with van der Waals surface area (Å²) in [5, 5.41) is 13.8. The lowest BCUT2D eigenvalue weighted by Gasteiger charge is -2.16. The first-order chi connectivity index (χ1) is 16.1. The molecule has 0 unspecified atom stereocenters. The van der Waals surface area contributed by atoms with Crippen LogP contribution in [0.5, 0.6) is 0 Å². The summed E-state index contributed by atoms with van der Waals surface area (Å²) in [7, 11) is 0.884. The van der Waals surface area contributed by atoms with Crippen molar-refractivity contribution in [1.29, 1.82) is 5.26 Å². The molecule has 0 radical (unpaired) electrons. The topological polar surface area (TPSA) is 116 Å². The summed E-state index contributed by atoms with van der Waals surface area (Å²) >= 11 is 6.14. The van der Waals surface area contributed by atoms with Gasteiger partial charge in [-0.1, -0.05) is 29.8 Å². The number of amides is 1. The normalized spacial score (nSPS) is 11.4. The molecule has 34 heavy (non-hydrogen) atoms. The van der Waals surface area contributed by atoms with Crippen molar-refractivity contribution in [2.24, 2.45) is 7.05 Å². The van der Waals surface area contributed by atoms with Crippen LogP contribution in [0, 0.1) is 11.3 Å². The number of nitrogens with zero attached hydrogens (tertiary/aromatic N) is 3. The summed E-state index contributed by atoms with van der Waals surface area (Å²) in [5.74, 6) is -0.348. The fraction of sp³-hybridized carbons (Fsp3) is 0.217. The monoisotopic (exact) mass is 501 g/mol. The van der Waals surface area contributed by atoms with Gasteiger partial charge >= 0.3 is 0 Å². The van der Waals surface area contributed by atoms with Crippen molar-refractivity contribution >= 4 is 33.2 Å². The van der Waals surface area contributed by atoms with Crippen LogP contribution in [0.3, 0.4) is 0 Å². The number of aromatic nitrogens is 1. The number of hydrogen-bond acceptors (Lipinski definition) is 6. The fourth-order valence-electron chi connectivity index (χ4n) is 3.26. The molecule has 0 spiro atoms. The number of nitrogens with one attached hydrogen (secondary N) is 2. The van der Waals surface area contributed by atoms with Gasteiger partial charge in [-0.3, -0.25) is 9.63 Å². The Balaban J connectivity index is 1.96. The summed E-state index contributed by atoms with van der Waals surface area (Å²) < 4.78 is 30.3. The molecular formula is C23H24ClN5O4S. The number of carbonyl (C=O) groups excluding carboxylic acids is 1. The van der Waals surface area contributed by atoms with Crippen molar-refractivity contribution in [3.63, 3.8) is 0 Å². The van der Waals surface area contributed by atoms with E-state index in [0.717, 1.165) is 0 Å². The second kappa shape index (κ2) is 10.8. The summed E-state index contributed by atoms with van der Waals surface area (Å²) in [5.41, 5.74) is 2.22. The van der Waals surface area contributed by atoms with Gasteiger partial charge in [-0.25, -0.2) is 8.42 Å². The Hall–Kier alpha value is -3.20. The number of benzene rings is 2. The van der Waals surface area contributed by atoms with Crippen molar-refractivity contribution in [1.82, 2.24) is 14.4 Å².